The van der Waals surface area contributed by atoms with Gasteiger partial charge in [-0.15, -0.1) is 0 Å². The number of ether oxygens (including phenoxy) is 1. The molecule has 0 aliphatic heterocycles. The number of aromatic nitrogens is 1. The molecule has 1 aromatic heterocycles. The van der Waals surface area contributed by atoms with Crippen LogP contribution in [-0.2, 0) is 11.3 Å². The van der Waals surface area contributed by atoms with E-state index in [2.05, 4.69) is 4.98 Å². The average Bonchev–Trinajstić information content (AvgIpc) is 2.14. The van der Waals surface area contributed by atoms with Crippen molar-refractivity contribution in [3.63, 3.8) is 0 Å². The lowest BCUT2D eigenvalue weighted by Gasteiger charge is -2.03. The van der Waals surface area contributed by atoms with Gasteiger partial charge in [0.2, 0.25) is 10.3 Å². The van der Waals surface area contributed by atoms with Crippen molar-refractivity contribution in [2.24, 2.45) is 0 Å². The summed E-state index contributed by atoms with van der Waals surface area (Å²) in [4.78, 5) is 3.62. The summed E-state index contributed by atoms with van der Waals surface area (Å²) in [5.74, 6) is -0.504. The van der Waals surface area contributed by atoms with E-state index in [4.69, 9.17) is 17.0 Å². The van der Waals surface area contributed by atoms with Gasteiger partial charge >= 0.3 is 0 Å². The summed E-state index contributed by atoms with van der Waals surface area (Å²) in [6.45, 7) is 0.220. The van der Waals surface area contributed by atoms with E-state index in [1.807, 2.05) is 6.26 Å². The first kappa shape index (κ1) is 10.4. The molecule has 0 fully saturated rings. The molecule has 0 saturated heterocycles. The van der Waals surface area contributed by atoms with Crippen LogP contribution in [0.5, 0.6) is 0 Å². The monoisotopic (exact) mass is 217 g/mol. The quantitative estimate of drug-likeness (QED) is 0.560. The van der Waals surface area contributed by atoms with E-state index in [1.54, 1.807) is 12.1 Å². The van der Waals surface area contributed by atoms with Gasteiger partial charge in [0, 0.05) is 0 Å². The Balaban J connectivity index is 2.50. The third-order valence-corrected chi connectivity index (χ3v) is 2.35. The van der Waals surface area contributed by atoms with Gasteiger partial charge in [-0.2, -0.15) is 4.39 Å². The molecule has 0 aliphatic carbocycles. The fraction of sp³-hybridized carbons (Fsp3) is 0.250. The van der Waals surface area contributed by atoms with Crippen molar-refractivity contribution >= 4 is 28.4 Å². The van der Waals surface area contributed by atoms with Gasteiger partial charge in [0.1, 0.15) is 6.61 Å². The van der Waals surface area contributed by atoms with Crippen LogP contribution in [0.4, 0.5) is 4.39 Å². The van der Waals surface area contributed by atoms with Gasteiger partial charge in [0.15, 0.2) is 0 Å². The molecule has 0 unspecified atom stereocenters. The van der Waals surface area contributed by atoms with Crippen molar-refractivity contribution in [3.05, 3.63) is 29.8 Å². The van der Waals surface area contributed by atoms with Crippen LogP contribution in [0.1, 0.15) is 5.69 Å². The average molecular weight is 217 g/mol. The Bertz CT molecular complexity index is 306. The Morgan fingerprint density at radius 2 is 2.46 bits per heavy atom. The molecule has 5 heteroatoms. The van der Waals surface area contributed by atoms with E-state index in [9.17, 15) is 4.39 Å². The van der Waals surface area contributed by atoms with Gasteiger partial charge in [0.25, 0.3) is 0 Å². The largest absolute Gasteiger partial charge is 0.472 e. The molecule has 0 radical (unpaired) electrons. The second-order valence-corrected chi connectivity index (χ2v) is 3.60. The summed E-state index contributed by atoms with van der Waals surface area (Å²) in [5, 5.41) is 0. The minimum absolute atomic E-state index is 0.220. The number of thiocarbonyl (C=S) groups is 1. The molecule has 0 aliphatic rings. The number of nitrogens with zero attached hydrogens (tertiary/aromatic N) is 1. The molecule has 0 bridgehead atoms. The van der Waals surface area contributed by atoms with Gasteiger partial charge in [-0.3, -0.25) is 0 Å². The standard InChI is InChI=1S/C8H8FNOS2/c1-13-8(12)11-5-6-3-2-4-7(9)10-6/h2-4H,5H2,1H3. The highest BCUT2D eigenvalue weighted by Crippen LogP contribution is 2.05. The highest BCUT2D eigenvalue weighted by atomic mass is 32.2. The molecular formula is C8H8FNOS2. The highest BCUT2D eigenvalue weighted by Gasteiger charge is 1.99. The third kappa shape index (κ3) is 3.69. The molecule has 0 atom stereocenters. The lowest BCUT2D eigenvalue weighted by Crippen LogP contribution is -1.99. The SMILES string of the molecule is CSC(=S)OCc1cccc(F)n1. The van der Waals surface area contributed by atoms with Gasteiger partial charge in [-0.1, -0.05) is 17.8 Å². The number of thioether (sulfide) groups is 1. The van der Waals surface area contributed by atoms with Crippen LogP contribution in [0.3, 0.4) is 0 Å². The van der Waals surface area contributed by atoms with Crippen LogP contribution >= 0.6 is 24.0 Å². The molecule has 2 nitrogen and oxygen atoms in total. The fourth-order valence-electron chi connectivity index (χ4n) is 0.722. The summed E-state index contributed by atoms with van der Waals surface area (Å²) in [6.07, 6.45) is 1.82. The van der Waals surface area contributed by atoms with Gasteiger partial charge in [-0.05, 0) is 30.6 Å². The minimum Gasteiger partial charge on any atom is -0.472 e. The lowest BCUT2D eigenvalue weighted by molar-refractivity contribution is 0.303. The van der Waals surface area contributed by atoms with Crippen molar-refractivity contribution in [1.82, 2.24) is 4.98 Å². The Morgan fingerprint density at radius 1 is 1.69 bits per heavy atom. The number of hydrogen-bond acceptors (Lipinski definition) is 4. The van der Waals surface area contributed by atoms with E-state index in [0.29, 0.717) is 10.1 Å². The molecule has 1 aromatic rings. The normalized spacial score (nSPS) is 9.69. The maximum Gasteiger partial charge on any atom is 0.220 e. The van der Waals surface area contributed by atoms with Crippen molar-refractivity contribution in [1.29, 1.82) is 0 Å². The topological polar surface area (TPSA) is 22.1 Å². The number of hydrogen-bond donors (Lipinski definition) is 0. The summed E-state index contributed by atoms with van der Waals surface area (Å²) in [7, 11) is 0. The second kappa shape index (κ2) is 5.14. The third-order valence-electron chi connectivity index (χ3n) is 1.28. The zero-order valence-electron chi connectivity index (χ0n) is 6.99. The zero-order valence-corrected chi connectivity index (χ0v) is 8.62. The predicted molar refractivity (Wildman–Crippen MR) is 55.1 cm³/mol. The number of halogens is 1. The van der Waals surface area contributed by atoms with Crippen LogP contribution in [0.25, 0.3) is 0 Å². The summed E-state index contributed by atoms with van der Waals surface area (Å²) in [5.41, 5.74) is 0.538. The van der Waals surface area contributed by atoms with E-state index >= 15 is 0 Å². The van der Waals surface area contributed by atoms with Crippen LogP contribution in [0, 0.1) is 5.95 Å². The second-order valence-electron chi connectivity index (χ2n) is 2.19. The van der Waals surface area contributed by atoms with Gasteiger partial charge < -0.3 is 4.74 Å². The minimum atomic E-state index is -0.504. The zero-order chi connectivity index (χ0) is 9.68. The Morgan fingerprint density at radius 3 is 3.08 bits per heavy atom. The Hall–Kier alpha value is -0.680. The van der Waals surface area contributed by atoms with E-state index in [1.165, 1.54) is 17.8 Å². The van der Waals surface area contributed by atoms with E-state index in [0.717, 1.165) is 0 Å². The number of pyridine rings is 1. The number of rotatable bonds is 2. The van der Waals surface area contributed by atoms with Crippen molar-refractivity contribution in [2.75, 3.05) is 6.26 Å². The van der Waals surface area contributed by atoms with Crippen LogP contribution in [0.15, 0.2) is 18.2 Å². The van der Waals surface area contributed by atoms with Gasteiger partial charge in [0.05, 0.1) is 5.69 Å². The Kier molecular flexibility index (Phi) is 4.11. The molecule has 0 N–H and O–H groups in total. The van der Waals surface area contributed by atoms with Gasteiger partial charge in [-0.25, -0.2) is 4.98 Å². The first-order chi connectivity index (χ1) is 6.22. The molecular weight excluding hydrogens is 209 g/mol. The first-order valence-electron chi connectivity index (χ1n) is 3.54. The fourth-order valence-corrected chi connectivity index (χ4v) is 0.958. The molecule has 0 saturated carbocycles. The van der Waals surface area contributed by atoms with Crippen molar-refractivity contribution < 1.29 is 9.13 Å². The molecule has 70 valence electrons. The molecule has 13 heavy (non-hydrogen) atoms. The predicted octanol–water partition coefficient (Wildman–Crippen LogP) is 2.39. The van der Waals surface area contributed by atoms with E-state index in [-0.39, 0.29) is 6.61 Å². The van der Waals surface area contributed by atoms with Crippen LogP contribution in [0.2, 0.25) is 0 Å². The smallest absolute Gasteiger partial charge is 0.220 e. The summed E-state index contributed by atoms with van der Waals surface area (Å²) >= 11 is 6.14. The maximum absolute atomic E-state index is 12.6. The Labute approximate surface area is 85.5 Å². The first-order valence-corrected chi connectivity index (χ1v) is 5.18. The molecule has 1 rings (SSSR count). The summed E-state index contributed by atoms with van der Waals surface area (Å²) in [6, 6.07) is 4.56. The van der Waals surface area contributed by atoms with Crippen LogP contribution < -0.4 is 0 Å². The van der Waals surface area contributed by atoms with Crippen molar-refractivity contribution in [3.8, 4) is 0 Å². The summed E-state index contributed by atoms with van der Waals surface area (Å²) < 4.78 is 18.1. The lowest BCUT2D eigenvalue weighted by atomic mass is 10.4. The van der Waals surface area contributed by atoms with E-state index < -0.39 is 5.95 Å². The molecule has 0 amide bonds. The maximum atomic E-state index is 12.6. The molecule has 1 heterocycles. The van der Waals surface area contributed by atoms with Crippen molar-refractivity contribution in [2.45, 2.75) is 6.61 Å². The van der Waals surface area contributed by atoms with Crippen LogP contribution in [-0.4, -0.2) is 15.6 Å². The highest BCUT2D eigenvalue weighted by molar-refractivity contribution is 8.22. The molecule has 0 spiro atoms. The molecule has 0 aromatic carbocycles.